The normalized spacial score (nSPS) is 10.1. The van der Waals surface area contributed by atoms with E-state index in [1.54, 1.807) is 70.5 Å². The van der Waals surface area contributed by atoms with Gasteiger partial charge in [0.05, 0.1) is 24.2 Å². The summed E-state index contributed by atoms with van der Waals surface area (Å²) in [5.74, 6) is 0.715. The van der Waals surface area contributed by atoms with Crippen LogP contribution in [0.1, 0.15) is 38.6 Å². The lowest BCUT2D eigenvalue weighted by Gasteiger charge is -2.20. The Morgan fingerprint density at radius 3 is 2.18 bits per heavy atom. The van der Waals surface area contributed by atoms with Crippen LogP contribution in [-0.4, -0.2) is 29.0 Å². The van der Waals surface area contributed by atoms with Crippen LogP contribution >= 0.6 is 11.6 Å². The molecule has 0 aliphatic rings. The first-order valence-corrected chi connectivity index (χ1v) is 10.1. The molecule has 33 heavy (non-hydrogen) atoms. The maximum absolute atomic E-state index is 11.7. The fourth-order valence-corrected chi connectivity index (χ4v) is 2.63. The molecule has 3 aromatic rings. The van der Waals surface area contributed by atoms with E-state index in [9.17, 15) is 9.59 Å². The molecule has 0 unspecified atom stereocenters. The van der Waals surface area contributed by atoms with E-state index in [1.807, 2.05) is 24.3 Å². The van der Waals surface area contributed by atoms with Crippen LogP contribution in [0.25, 0.3) is 11.3 Å². The molecule has 3 N–H and O–H groups in total. The smallest absolute Gasteiger partial charge is 0.412 e. The highest BCUT2D eigenvalue weighted by Gasteiger charge is 2.17. The summed E-state index contributed by atoms with van der Waals surface area (Å²) in [6.45, 7) is 5.42. The van der Waals surface area contributed by atoms with Crippen LogP contribution in [0.15, 0.2) is 66.9 Å². The Labute approximate surface area is 199 Å². The lowest BCUT2D eigenvalue weighted by atomic mass is 10.1. The van der Waals surface area contributed by atoms with Crippen LogP contribution in [0.2, 0.25) is 0 Å². The fraction of sp³-hybridized carbons (Fsp3) is 0.240. The number of methoxy groups -OCH3 is 1. The molecule has 0 fully saturated rings. The van der Waals surface area contributed by atoms with Crippen LogP contribution in [0.5, 0.6) is 5.75 Å². The lowest BCUT2D eigenvalue weighted by Crippen LogP contribution is -2.27. The number of anilines is 2. The molecule has 0 bridgehead atoms. The van der Waals surface area contributed by atoms with Gasteiger partial charge in [0.25, 0.3) is 5.24 Å². The topological polar surface area (TPSA) is 104 Å². The summed E-state index contributed by atoms with van der Waals surface area (Å²) in [6.07, 6.45) is 1.19. The molecular weight excluding hydrogens is 442 g/mol. The molecule has 8 heteroatoms. The van der Waals surface area contributed by atoms with Gasteiger partial charge in [-0.25, -0.2) is 4.79 Å². The predicted molar refractivity (Wildman–Crippen MR) is 134 cm³/mol. The highest BCUT2D eigenvalue weighted by atomic mass is 35.5. The number of hydrogen-bond donors (Lipinski definition) is 2. The van der Waals surface area contributed by atoms with Crippen LogP contribution in [-0.2, 0) is 4.74 Å². The second kappa shape index (κ2) is 12.5. The molecule has 0 atom stereocenters. The number of nitrogen functional groups attached to an aromatic ring is 1. The maximum atomic E-state index is 11.7. The molecule has 0 aliphatic heterocycles. The average Bonchev–Trinajstić information content (AvgIpc) is 2.75. The number of hydrogen-bond acceptors (Lipinski definition) is 6. The van der Waals surface area contributed by atoms with Gasteiger partial charge in [-0.2, -0.15) is 0 Å². The summed E-state index contributed by atoms with van der Waals surface area (Å²) in [5, 5.41) is 2.19. The molecule has 3 rings (SSSR count). The van der Waals surface area contributed by atoms with Crippen molar-refractivity contribution in [1.82, 2.24) is 4.98 Å². The summed E-state index contributed by atoms with van der Waals surface area (Å²) in [4.78, 5) is 26.6. The third-order valence-corrected chi connectivity index (χ3v) is 4.18. The van der Waals surface area contributed by atoms with Crippen molar-refractivity contribution in [1.29, 1.82) is 0 Å². The molecule has 1 amide bonds. The number of aromatic nitrogens is 1. The van der Waals surface area contributed by atoms with Gasteiger partial charge in [-0.05, 0) is 80.9 Å². The minimum atomic E-state index is -0.549. The first-order chi connectivity index (χ1) is 15.1. The number of pyridine rings is 1. The number of rotatable bonds is 4. The van der Waals surface area contributed by atoms with Crippen molar-refractivity contribution in [3.05, 3.63) is 72.4 Å². The molecule has 2 aromatic carbocycles. The fourth-order valence-electron chi connectivity index (χ4n) is 2.51. The van der Waals surface area contributed by atoms with Crippen molar-refractivity contribution >= 4 is 34.3 Å². The molecule has 0 saturated carbocycles. The summed E-state index contributed by atoms with van der Waals surface area (Å²) in [7, 11) is 1.57. The highest BCUT2D eigenvalue weighted by molar-refractivity contribution is 6.67. The second-order valence-corrected chi connectivity index (χ2v) is 7.99. The van der Waals surface area contributed by atoms with Gasteiger partial charge in [0.15, 0.2) is 0 Å². The van der Waals surface area contributed by atoms with E-state index in [0.717, 1.165) is 11.3 Å². The van der Waals surface area contributed by atoms with E-state index in [0.29, 0.717) is 22.7 Å². The maximum Gasteiger partial charge on any atom is 0.412 e. The molecule has 1 heterocycles. The number of halogens is 1. The molecule has 7 nitrogen and oxygen atoms in total. The first kappa shape index (κ1) is 27.5. The summed E-state index contributed by atoms with van der Waals surface area (Å²) in [6, 6.07) is 17.6. The second-order valence-electron chi connectivity index (χ2n) is 7.65. The summed E-state index contributed by atoms with van der Waals surface area (Å²) in [5.41, 5.74) is 8.60. The van der Waals surface area contributed by atoms with Gasteiger partial charge in [0.2, 0.25) is 0 Å². The summed E-state index contributed by atoms with van der Waals surface area (Å²) < 4.78 is 10.1. The summed E-state index contributed by atoms with van der Waals surface area (Å²) >= 11 is 5.22. The zero-order chi connectivity index (χ0) is 23.7. The average molecular weight is 472 g/mol. The third kappa shape index (κ3) is 9.21. The van der Waals surface area contributed by atoms with E-state index in [-0.39, 0.29) is 7.43 Å². The minimum Gasteiger partial charge on any atom is -0.497 e. The number of carbonyl (C=O) groups excluding carboxylic acids is 2. The van der Waals surface area contributed by atoms with Crippen molar-refractivity contribution in [3.63, 3.8) is 0 Å². The van der Waals surface area contributed by atoms with Crippen LogP contribution in [0, 0.1) is 0 Å². The quantitative estimate of drug-likeness (QED) is 0.337. The monoisotopic (exact) mass is 471 g/mol. The van der Waals surface area contributed by atoms with Crippen molar-refractivity contribution in [2.24, 2.45) is 0 Å². The van der Waals surface area contributed by atoms with E-state index in [1.165, 1.54) is 0 Å². The number of amides is 1. The van der Waals surface area contributed by atoms with Gasteiger partial charge in [0, 0.05) is 17.3 Å². The van der Waals surface area contributed by atoms with Crippen molar-refractivity contribution in [3.8, 4) is 17.0 Å². The van der Waals surface area contributed by atoms with E-state index in [4.69, 9.17) is 26.8 Å². The van der Waals surface area contributed by atoms with Crippen LogP contribution in [0.4, 0.5) is 16.2 Å². The molecule has 0 aliphatic carbocycles. The Morgan fingerprint density at radius 2 is 1.70 bits per heavy atom. The minimum absolute atomic E-state index is 0. The zero-order valence-corrected chi connectivity index (χ0v) is 19.1. The highest BCUT2D eigenvalue weighted by Crippen LogP contribution is 2.26. The van der Waals surface area contributed by atoms with Crippen molar-refractivity contribution < 1.29 is 19.1 Å². The number of carbonyl (C=O) groups is 2. The van der Waals surface area contributed by atoms with Crippen molar-refractivity contribution in [2.45, 2.75) is 33.8 Å². The standard InChI is InChI=1S/C16H19N3O2.C8H7ClO2.CH4/c1-16(2,3)21-15(20)19-14-8-7-11(10-12(14)17)13-6-4-5-9-18-13;1-11-7-4-2-6(3-5-7)8(9)10;/h4-10H,17H2,1-3H3,(H,19,20);2-5H,1H3;1H4. The van der Waals surface area contributed by atoms with Gasteiger partial charge in [-0.15, -0.1) is 0 Å². The zero-order valence-electron chi connectivity index (χ0n) is 18.4. The number of nitrogens with zero attached hydrogens (tertiary/aromatic N) is 1. The van der Waals surface area contributed by atoms with E-state index >= 15 is 0 Å². The van der Waals surface area contributed by atoms with E-state index < -0.39 is 16.9 Å². The number of nitrogens with two attached hydrogens (primary N) is 1. The number of ether oxygens (including phenoxy) is 2. The van der Waals surface area contributed by atoms with Gasteiger partial charge in [0.1, 0.15) is 11.4 Å². The number of benzene rings is 2. The van der Waals surface area contributed by atoms with Gasteiger partial charge >= 0.3 is 6.09 Å². The molecule has 0 radical (unpaired) electrons. The van der Waals surface area contributed by atoms with Gasteiger partial charge in [-0.1, -0.05) is 19.6 Å². The first-order valence-electron chi connectivity index (χ1n) is 9.74. The van der Waals surface area contributed by atoms with Crippen molar-refractivity contribution in [2.75, 3.05) is 18.2 Å². The lowest BCUT2D eigenvalue weighted by molar-refractivity contribution is 0.0636. The molecular formula is C25H30ClN3O4. The number of nitrogens with one attached hydrogen (secondary N) is 1. The molecule has 1 aromatic heterocycles. The van der Waals surface area contributed by atoms with Crippen LogP contribution < -0.4 is 15.8 Å². The largest absolute Gasteiger partial charge is 0.497 e. The molecule has 176 valence electrons. The Kier molecular flexibility index (Phi) is 10.4. The Bertz CT molecular complexity index is 1050. The Morgan fingerprint density at radius 1 is 1.03 bits per heavy atom. The third-order valence-electron chi connectivity index (χ3n) is 3.96. The van der Waals surface area contributed by atoms with E-state index in [2.05, 4.69) is 10.3 Å². The van der Waals surface area contributed by atoms with Gasteiger partial charge in [-0.3, -0.25) is 15.1 Å². The Hall–Kier alpha value is -3.58. The molecule has 0 spiro atoms. The SMILES string of the molecule is C.CC(C)(C)OC(=O)Nc1ccc(-c2ccccn2)cc1N.COc1ccc(C(=O)Cl)cc1. The van der Waals surface area contributed by atoms with Crippen LogP contribution in [0.3, 0.4) is 0 Å². The molecule has 0 saturated heterocycles. The predicted octanol–water partition coefficient (Wildman–Crippen LogP) is 6.39. The Balaban J connectivity index is 0.000000385. The van der Waals surface area contributed by atoms with Gasteiger partial charge < -0.3 is 15.2 Å².